The van der Waals surface area contributed by atoms with E-state index >= 15 is 0 Å². The van der Waals surface area contributed by atoms with Gasteiger partial charge in [-0.2, -0.15) is 11.8 Å². The van der Waals surface area contributed by atoms with Crippen molar-refractivity contribution in [2.45, 2.75) is 25.8 Å². The van der Waals surface area contributed by atoms with Crippen LogP contribution in [0.25, 0.3) is 0 Å². The summed E-state index contributed by atoms with van der Waals surface area (Å²) in [7, 11) is 0. The van der Waals surface area contributed by atoms with E-state index in [9.17, 15) is 9.59 Å². The second-order valence-corrected chi connectivity index (χ2v) is 4.23. The predicted octanol–water partition coefficient (Wildman–Crippen LogP) is -0.518. The monoisotopic (exact) mass is 234 g/mol. The molecule has 0 aliphatic heterocycles. The molecule has 0 aromatic heterocycles. The van der Waals surface area contributed by atoms with Gasteiger partial charge in [0.15, 0.2) is 0 Å². The number of nitrogens with two attached hydrogens (primary N) is 1. The summed E-state index contributed by atoms with van der Waals surface area (Å²) >= 11 is 1.33. The lowest BCUT2D eigenvalue weighted by molar-refractivity contribution is -0.121. The van der Waals surface area contributed by atoms with Crippen molar-refractivity contribution in [1.82, 2.24) is 5.32 Å². The molecule has 15 heavy (non-hydrogen) atoms. The zero-order valence-corrected chi connectivity index (χ0v) is 9.68. The minimum absolute atomic E-state index is 0.0450. The van der Waals surface area contributed by atoms with Crippen molar-refractivity contribution in [3.63, 3.8) is 0 Å². The van der Waals surface area contributed by atoms with Crippen molar-refractivity contribution >= 4 is 23.6 Å². The number of hydrogen-bond donors (Lipinski definition) is 3. The van der Waals surface area contributed by atoms with Gasteiger partial charge in [-0.25, -0.2) is 0 Å². The number of carbonyl (C=O) groups excluding carboxylic acids is 2. The molecule has 0 spiro atoms. The zero-order chi connectivity index (χ0) is 11.7. The van der Waals surface area contributed by atoms with E-state index in [1.807, 2.05) is 6.92 Å². The van der Waals surface area contributed by atoms with Gasteiger partial charge in [-0.3, -0.25) is 9.59 Å². The minimum Gasteiger partial charge on any atom is -0.394 e. The summed E-state index contributed by atoms with van der Waals surface area (Å²) in [5.74, 6) is 0.330. The largest absolute Gasteiger partial charge is 0.394 e. The number of amides is 2. The van der Waals surface area contributed by atoms with E-state index in [1.54, 1.807) is 0 Å². The Hall–Kier alpha value is -0.750. The van der Waals surface area contributed by atoms with E-state index in [4.69, 9.17) is 10.8 Å². The molecule has 1 atom stereocenters. The third-order valence-corrected chi connectivity index (χ3v) is 2.78. The number of aliphatic hydroxyl groups excluding tert-OH is 1. The third-order valence-electron chi connectivity index (χ3n) is 1.80. The Labute approximate surface area is 93.8 Å². The van der Waals surface area contributed by atoms with Crippen LogP contribution in [0.2, 0.25) is 0 Å². The molecule has 0 aliphatic carbocycles. The van der Waals surface area contributed by atoms with Crippen LogP contribution in [0.15, 0.2) is 0 Å². The first-order valence-electron chi connectivity index (χ1n) is 4.86. The van der Waals surface area contributed by atoms with Crippen LogP contribution >= 0.6 is 11.8 Å². The number of thioether (sulfide) groups is 1. The van der Waals surface area contributed by atoms with E-state index in [2.05, 4.69) is 5.32 Å². The number of hydrogen-bond acceptors (Lipinski definition) is 4. The van der Waals surface area contributed by atoms with Crippen LogP contribution in [-0.2, 0) is 9.59 Å². The molecule has 2 amide bonds. The number of primary amides is 1. The molecule has 0 fully saturated rings. The van der Waals surface area contributed by atoms with Gasteiger partial charge < -0.3 is 16.2 Å². The van der Waals surface area contributed by atoms with E-state index in [0.717, 1.165) is 0 Å². The quantitative estimate of drug-likeness (QED) is 0.493. The van der Waals surface area contributed by atoms with Crippen molar-refractivity contribution < 1.29 is 14.7 Å². The van der Waals surface area contributed by atoms with Crippen LogP contribution in [0.4, 0.5) is 0 Å². The molecule has 6 heteroatoms. The Bertz CT molecular complexity index is 208. The fraction of sp³-hybridized carbons (Fsp3) is 0.778. The molecule has 0 aliphatic rings. The molecular formula is C9H18N2O3S. The van der Waals surface area contributed by atoms with Crippen molar-refractivity contribution in [3.05, 3.63) is 0 Å². The van der Waals surface area contributed by atoms with Gasteiger partial charge in [0.1, 0.15) is 0 Å². The maximum absolute atomic E-state index is 11.3. The smallest absolute Gasteiger partial charge is 0.227 e. The maximum Gasteiger partial charge on any atom is 0.227 e. The normalized spacial score (nSPS) is 12.1. The molecule has 0 aromatic rings. The lowest BCUT2D eigenvalue weighted by atomic mass is 10.2. The van der Waals surface area contributed by atoms with Crippen molar-refractivity contribution in [1.29, 1.82) is 0 Å². The van der Waals surface area contributed by atoms with E-state index in [-0.39, 0.29) is 30.2 Å². The molecule has 0 rings (SSSR count). The van der Waals surface area contributed by atoms with Crippen LogP contribution in [0.5, 0.6) is 0 Å². The minimum atomic E-state index is -0.373. The summed E-state index contributed by atoms with van der Waals surface area (Å²) < 4.78 is 0. The lowest BCUT2D eigenvalue weighted by Crippen LogP contribution is -2.37. The average Bonchev–Trinajstić information content (AvgIpc) is 2.20. The molecule has 0 radical (unpaired) electrons. The summed E-state index contributed by atoms with van der Waals surface area (Å²) in [4.78, 5) is 21.6. The van der Waals surface area contributed by atoms with Gasteiger partial charge in [-0.1, -0.05) is 6.92 Å². The highest BCUT2D eigenvalue weighted by Crippen LogP contribution is 2.01. The van der Waals surface area contributed by atoms with E-state index in [0.29, 0.717) is 18.6 Å². The highest BCUT2D eigenvalue weighted by Gasteiger charge is 2.08. The van der Waals surface area contributed by atoms with Crippen LogP contribution < -0.4 is 11.1 Å². The first-order chi connectivity index (χ1) is 7.10. The molecular weight excluding hydrogens is 216 g/mol. The van der Waals surface area contributed by atoms with E-state index in [1.165, 1.54) is 11.8 Å². The van der Waals surface area contributed by atoms with Gasteiger partial charge in [-0.15, -0.1) is 0 Å². The Morgan fingerprint density at radius 1 is 1.53 bits per heavy atom. The van der Waals surface area contributed by atoms with Crippen LogP contribution in [0, 0.1) is 0 Å². The van der Waals surface area contributed by atoms with Crippen LogP contribution in [0.3, 0.4) is 0 Å². The molecule has 0 heterocycles. The number of carbonyl (C=O) groups is 2. The molecule has 0 unspecified atom stereocenters. The Morgan fingerprint density at radius 3 is 2.67 bits per heavy atom. The second kappa shape index (κ2) is 8.55. The lowest BCUT2D eigenvalue weighted by Gasteiger charge is -2.13. The predicted molar refractivity (Wildman–Crippen MR) is 60.4 cm³/mol. The molecule has 0 bridgehead atoms. The second-order valence-electron chi connectivity index (χ2n) is 3.12. The van der Waals surface area contributed by atoms with Gasteiger partial charge in [0.2, 0.25) is 11.8 Å². The summed E-state index contributed by atoms with van der Waals surface area (Å²) in [5.41, 5.74) is 4.94. The first kappa shape index (κ1) is 14.2. The van der Waals surface area contributed by atoms with Crippen LogP contribution in [-0.4, -0.2) is 41.1 Å². The fourth-order valence-corrected chi connectivity index (χ4v) is 1.59. The highest BCUT2D eigenvalue weighted by atomic mass is 32.2. The van der Waals surface area contributed by atoms with Gasteiger partial charge in [0.25, 0.3) is 0 Å². The van der Waals surface area contributed by atoms with Gasteiger partial charge in [-0.05, 0) is 6.42 Å². The summed E-state index contributed by atoms with van der Waals surface area (Å²) in [5, 5.41) is 11.5. The third kappa shape index (κ3) is 8.26. The zero-order valence-electron chi connectivity index (χ0n) is 8.86. The van der Waals surface area contributed by atoms with Crippen molar-refractivity contribution in [2.24, 2.45) is 5.73 Å². The molecule has 0 saturated heterocycles. The van der Waals surface area contributed by atoms with Crippen molar-refractivity contribution in [3.8, 4) is 0 Å². The summed E-state index contributed by atoms with van der Waals surface area (Å²) in [6, 6.07) is -0.168. The number of nitrogens with one attached hydrogen (secondary N) is 1. The van der Waals surface area contributed by atoms with Crippen molar-refractivity contribution in [2.75, 3.05) is 18.1 Å². The van der Waals surface area contributed by atoms with Gasteiger partial charge in [0, 0.05) is 12.2 Å². The maximum atomic E-state index is 11.3. The van der Waals surface area contributed by atoms with Crippen LogP contribution in [0.1, 0.15) is 19.8 Å². The summed E-state index contributed by atoms with van der Waals surface area (Å²) in [6.07, 6.45) is 1.05. The average molecular weight is 234 g/mol. The topological polar surface area (TPSA) is 92.4 Å². The Kier molecular flexibility index (Phi) is 8.12. The van der Waals surface area contributed by atoms with E-state index < -0.39 is 0 Å². The fourth-order valence-electron chi connectivity index (χ4n) is 0.914. The van der Waals surface area contributed by atoms with Gasteiger partial charge >= 0.3 is 0 Å². The summed E-state index contributed by atoms with van der Waals surface area (Å²) in [6.45, 7) is 1.85. The highest BCUT2D eigenvalue weighted by molar-refractivity contribution is 7.99. The molecule has 5 nitrogen and oxygen atoms in total. The SMILES string of the molecule is CC[C@H](CO)NC(=O)CCSCC(N)=O. The molecule has 88 valence electrons. The molecule has 4 N–H and O–H groups in total. The standard InChI is InChI=1S/C9H18N2O3S/c1-2-7(5-12)11-9(14)3-4-15-6-8(10)13/h7,12H,2-6H2,1H3,(H2,10,13)(H,11,14)/t7-/m1/s1. The Morgan fingerprint density at radius 2 is 2.20 bits per heavy atom. The van der Waals surface area contributed by atoms with Gasteiger partial charge in [0.05, 0.1) is 18.4 Å². The molecule has 0 aromatic carbocycles. The Balaban J connectivity index is 3.52. The number of rotatable bonds is 8. The number of aliphatic hydroxyl groups is 1. The molecule has 0 saturated carbocycles. The first-order valence-corrected chi connectivity index (χ1v) is 6.01.